The zero-order chi connectivity index (χ0) is 21.0. The minimum absolute atomic E-state index is 0.0181. The average molecular weight is 412 g/mol. The van der Waals surface area contributed by atoms with Gasteiger partial charge in [0.2, 0.25) is 0 Å². The summed E-state index contributed by atoms with van der Waals surface area (Å²) in [5, 5.41) is 2.77. The molecule has 0 amide bonds. The van der Waals surface area contributed by atoms with Gasteiger partial charge in [0, 0.05) is 30.9 Å². The van der Waals surface area contributed by atoms with Crippen molar-refractivity contribution in [2.24, 2.45) is 7.05 Å². The molecule has 1 aromatic carbocycles. The van der Waals surface area contributed by atoms with Crippen molar-refractivity contribution < 1.29 is 17.2 Å². The number of hydrogen-bond acceptors (Lipinski definition) is 5. The highest BCUT2D eigenvalue weighted by atomic mass is 32.2. The second kappa shape index (κ2) is 6.36. The summed E-state index contributed by atoms with van der Waals surface area (Å²) in [5.74, 6) is -2.87. The van der Waals surface area contributed by atoms with E-state index < -0.39 is 43.6 Å². The molecule has 8 nitrogen and oxygen atoms in total. The molecule has 11 heteroatoms. The number of benzene rings is 1. The third-order valence-electron chi connectivity index (χ3n) is 4.50. The fourth-order valence-electron chi connectivity index (χ4n) is 2.97. The number of hydrogen-bond donors (Lipinski definition) is 1. The molecule has 0 spiro atoms. The predicted molar refractivity (Wildman–Crippen MR) is 98.5 cm³/mol. The molecule has 0 saturated heterocycles. The zero-order valence-electron chi connectivity index (χ0n) is 15.6. The Hall–Kier alpha value is -2.82. The van der Waals surface area contributed by atoms with Crippen molar-refractivity contribution in [3.63, 3.8) is 0 Å². The summed E-state index contributed by atoms with van der Waals surface area (Å²) in [5.41, 5.74) is -2.78. The summed E-state index contributed by atoms with van der Waals surface area (Å²) in [4.78, 5) is 28.7. The van der Waals surface area contributed by atoms with Crippen molar-refractivity contribution in [2.75, 3.05) is 6.26 Å². The Balaban J connectivity index is 2.50. The van der Waals surface area contributed by atoms with E-state index in [2.05, 4.69) is 10.1 Å². The van der Waals surface area contributed by atoms with Crippen molar-refractivity contribution in [1.82, 2.24) is 19.4 Å². The van der Waals surface area contributed by atoms with Crippen LogP contribution >= 0.6 is 0 Å². The van der Waals surface area contributed by atoms with Gasteiger partial charge in [0.1, 0.15) is 5.82 Å². The van der Waals surface area contributed by atoms with E-state index in [4.69, 9.17) is 0 Å². The minimum Gasteiger partial charge on any atom is -0.283 e. The highest BCUT2D eigenvalue weighted by Gasteiger charge is 2.32. The van der Waals surface area contributed by atoms with E-state index in [-0.39, 0.29) is 16.8 Å². The molecule has 3 rings (SSSR count). The van der Waals surface area contributed by atoms with Crippen molar-refractivity contribution in [3.8, 4) is 11.1 Å². The number of halogens is 2. The molecule has 0 bridgehead atoms. The van der Waals surface area contributed by atoms with Crippen LogP contribution in [0.5, 0.6) is 0 Å². The van der Waals surface area contributed by atoms with Crippen LogP contribution in [0.3, 0.4) is 0 Å². The van der Waals surface area contributed by atoms with E-state index in [9.17, 15) is 26.8 Å². The van der Waals surface area contributed by atoms with Gasteiger partial charge in [0.25, 0.3) is 11.4 Å². The van der Waals surface area contributed by atoms with Crippen LogP contribution in [0, 0.1) is 6.92 Å². The first-order valence-corrected chi connectivity index (χ1v) is 10.2. The highest BCUT2D eigenvalue weighted by Crippen LogP contribution is 2.36. The van der Waals surface area contributed by atoms with E-state index in [1.54, 1.807) is 6.92 Å². The number of alkyl halides is 2. The Morgan fingerprint density at radius 2 is 1.89 bits per heavy atom. The number of sulfone groups is 1. The molecule has 0 aliphatic heterocycles. The summed E-state index contributed by atoms with van der Waals surface area (Å²) >= 11 is 0. The molecular weight excluding hydrogens is 394 g/mol. The third-order valence-corrected chi connectivity index (χ3v) is 5.63. The van der Waals surface area contributed by atoms with Crippen LogP contribution in [0.15, 0.2) is 32.7 Å². The normalized spacial score (nSPS) is 12.6. The minimum atomic E-state index is -4.00. The van der Waals surface area contributed by atoms with Crippen molar-refractivity contribution in [2.45, 2.75) is 31.1 Å². The average Bonchev–Trinajstić information content (AvgIpc) is 3.00. The molecule has 3 aromatic rings. The van der Waals surface area contributed by atoms with E-state index in [1.807, 2.05) is 0 Å². The van der Waals surface area contributed by atoms with Gasteiger partial charge in [-0.2, -0.15) is 4.63 Å². The van der Waals surface area contributed by atoms with Crippen molar-refractivity contribution in [3.05, 3.63) is 50.2 Å². The quantitative estimate of drug-likeness (QED) is 0.655. The van der Waals surface area contributed by atoms with E-state index in [1.165, 1.54) is 18.6 Å². The largest absolute Gasteiger partial charge is 0.314 e. The number of aromatic nitrogens is 4. The first-order valence-electron chi connectivity index (χ1n) is 8.30. The molecule has 0 unspecified atom stereocenters. The van der Waals surface area contributed by atoms with Crippen molar-refractivity contribution >= 4 is 15.5 Å². The summed E-state index contributed by atoms with van der Waals surface area (Å²) in [6, 6.07) is 3.02. The smallest absolute Gasteiger partial charge is 0.283 e. The van der Waals surface area contributed by atoms with Crippen LogP contribution in [-0.4, -0.2) is 34.1 Å². The SMILES string of the molecule is CCC(F)(F)c1ccc(-c2c(=O)c(=O)n(C)n3[nH]c(C)nc23)c(S(C)(=O)=O)c1. The maximum absolute atomic E-state index is 14.1. The lowest BCUT2D eigenvalue weighted by atomic mass is 10.0. The second-order valence-corrected chi connectivity index (χ2v) is 8.50. The molecule has 1 N–H and O–H groups in total. The van der Waals surface area contributed by atoms with Crippen LogP contribution in [0.25, 0.3) is 16.8 Å². The van der Waals surface area contributed by atoms with Gasteiger partial charge in [0.05, 0.1) is 10.5 Å². The fourth-order valence-corrected chi connectivity index (χ4v) is 3.88. The van der Waals surface area contributed by atoms with Crippen LogP contribution in [0.1, 0.15) is 24.7 Å². The third kappa shape index (κ3) is 3.05. The number of aryl methyl sites for hydroxylation is 2. The maximum atomic E-state index is 14.1. The predicted octanol–water partition coefficient (Wildman–Crippen LogP) is 1.60. The highest BCUT2D eigenvalue weighted by molar-refractivity contribution is 7.90. The monoisotopic (exact) mass is 412 g/mol. The molecule has 28 heavy (non-hydrogen) atoms. The number of rotatable bonds is 4. The molecular formula is C17H18F2N4O4S. The Bertz CT molecular complexity index is 1320. The van der Waals surface area contributed by atoms with Crippen LogP contribution in [0.4, 0.5) is 8.78 Å². The van der Waals surface area contributed by atoms with E-state index >= 15 is 0 Å². The molecule has 0 fully saturated rings. The van der Waals surface area contributed by atoms with E-state index in [0.29, 0.717) is 5.82 Å². The first kappa shape index (κ1) is 19.9. The number of nitrogens with one attached hydrogen (secondary N) is 1. The molecule has 2 heterocycles. The Kier molecular flexibility index (Phi) is 4.53. The molecule has 0 radical (unpaired) electrons. The lowest BCUT2D eigenvalue weighted by Gasteiger charge is -2.17. The van der Waals surface area contributed by atoms with Crippen molar-refractivity contribution in [1.29, 1.82) is 0 Å². The standard InChI is InChI=1S/C17H18F2N4O4S/c1-5-17(18,19)10-6-7-11(12(8-10)28(4,26)27)13-14(24)16(25)22(3)23-15(13)20-9(2)21-23/h6-8H,5H2,1-4H3,(H,20,21). The molecule has 0 aliphatic rings. The summed E-state index contributed by atoms with van der Waals surface area (Å²) < 4.78 is 55.1. The fraction of sp³-hybridized carbons (Fsp3) is 0.353. The molecule has 150 valence electrons. The van der Waals surface area contributed by atoms with Gasteiger partial charge in [-0.05, 0) is 13.0 Å². The summed E-state index contributed by atoms with van der Waals surface area (Å²) in [6.07, 6.45) is 0.332. The summed E-state index contributed by atoms with van der Waals surface area (Å²) in [6.45, 7) is 2.87. The van der Waals surface area contributed by atoms with Gasteiger partial charge in [-0.15, -0.1) is 0 Å². The first-order chi connectivity index (χ1) is 12.9. The number of aromatic amines is 1. The Morgan fingerprint density at radius 3 is 2.46 bits per heavy atom. The number of H-pyrrole nitrogens is 1. The lowest BCUT2D eigenvalue weighted by molar-refractivity contribution is -0.00847. The van der Waals surface area contributed by atoms with Gasteiger partial charge in [-0.25, -0.2) is 26.9 Å². The molecule has 2 aromatic heterocycles. The van der Waals surface area contributed by atoms with Gasteiger partial charge in [-0.3, -0.25) is 14.7 Å². The Morgan fingerprint density at radius 1 is 1.25 bits per heavy atom. The van der Waals surface area contributed by atoms with Crippen LogP contribution < -0.4 is 11.0 Å². The Labute approximate surface area is 158 Å². The van der Waals surface area contributed by atoms with Gasteiger partial charge >= 0.3 is 5.56 Å². The van der Waals surface area contributed by atoms with Gasteiger partial charge < -0.3 is 0 Å². The number of nitrogens with zero attached hydrogens (tertiary/aromatic N) is 3. The molecule has 0 atom stereocenters. The van der Waals surface area contributed by atoms with E-state index in [0.717, 1.165) is 29.1 Å². The van der Waals surface area contributed by atoms with Crippen LogP contribution in [-0.2, 0) is 22.8 Å². The van der Waals surface area contributed by atoms with Gasteiger partial charge in [-0.1, -0.05) is 19.1 Å². The summed E-state index contributed by atoms with van der Waals surface area (Å²) in [7, 11) is -2.65. The molecule has 0 aliphatic carbocycles. The number of fused-ring (bicyclic) bond motifs is 1. The zero-order valence-corrected chi connectivity index (χ0v) is 16.4. The van der Waals surface area contributed by atoms with Gasteiger partial charge in [0.15, 0.2) is 15.5 Å². The second-order valence-electron chi connectivity index (χ2n) is 6.52. The molecule has 0 saturated carbocycles. The lowest BCUT2D eigenvalue weighted by Crippen LogP contribution is -2.38. The van der Waals surface area contributed by atoms with Crippen LogP contribution in [0.2, 0.25) is 0 Å². The topological polar surface area (TPSA) is 106 Å². The maximum Gasteiger partial charge on any atom is 0.314 e.